The summed E-state index contributed by atoms with van der Waals surface area (Å²) < 4.78 is 1.40. The van der Waals surface area contributed by atoms with E-state index in [1.54, 1.807) is 0 Å². The summed E-state index contributed by atoms with van der Waals surface area (Å²) in [5.74, 6) is -2.98. The molecule has 45 heavy (non-hydrogen) atoms. The molecule has 2 amide bonds. The Morgan fingerprint density at radius 1 is 0.756 bits per heavy atom. The molecule has 2 unspecified atom stereocenters. The third kappa shape index (κ3) is 4.53. The van der Waals surface area contributed by atoms with Crippen LogP contribution >= 0.6 is 12.2 Å². The van der Waals surface area contributed by atoms with E-state index in [9.17, 15) is 14.4 Å². The summed E-state index contributed by atoms with van der Waals surface area (Å²) in [6.07, 6.45) is 1.97. The minimum Gasteiger partial charge on any atom is -0.302 e. The number of thiocarbonyl (C=S) groups is 1. The second-order valence-corrected chi connectivity index (χ2v) is 11.6. The van der Waals surface area contributed by atoms with Crippen LogP contribution in [-0.4, -0.2) is 32.6 Å². The SMILES string of the molecule is CC(=O)n1nc2c(c1-c1ccccc1)C(c1ccccc1)C1(C(=O)NC(=S)NC1=O)C(c1ccccc1)/C2=C/c1ccccc1. The first-order valence-corrected chi connectivity index (χ1v) is 15.0. The molecule has 4 aromatic carbocycles. The van der Waals surface area contributed by atoms with Gasteiger partial charge in [0.05, 0.1) is 11.4 Å². The van der Waals surface area contributed by atoms with E-state index in [0.717, 1.165) is 22.3 Å². The van der Waals surface area contributed by atoms with Gasteiger partial charge in [0.2, 0.25) is 17.7 Å². The van der Waals surface area contributed by atoms with Gasteiger partial charge in [-0.1, -0.05) is 121 Å². The normalized spacial score (nSPS) is 19.6. The smallest absolute Gasteiger partial charge is 0.244 e. The Labute approximate surface area is 265 Å². The lowest BCUT2D eigenvalue weighted by atomic mass is 9.52. The Balaban J connectivity index is 1.70. The quantitative estimate of drug-likeness (QED) is 0.187. The molecule has 2 heterocycles. The Morgan fingerprint density at radius 2 is 1.24 bits per heavy atom. The van der Waals surface area contributed by atoms with Gasteiger partial charge >= 0.3 is 0 Å². The molecule has 1 fully saturated rings. The van der Waals surface area contributed by atoms with Gasteiger partial charge in [0.25, 0.3) is 0 Å². The number of rotatable bonds is 4. The maximum Gasteiger partial charge on any atom is 0.244 e. The van der Waals surface area contributed by atoms with Crippen molar-refractivity contribution in [3.8, 4) is 11.3 Å². The lowest BCUT2D eigenvalue weighted by Gasteiger charge is -2.49. The van der Waals surface area contributed by atoms with Gasteiger partial charge in [0, 0.05) is 29.9 Å². The summed E-state index contributed by atoms with van der Waals surface area (Å²) in [5, 5.41) is 10.6. The third-order valence-corrected chi connectivity index (χ3v) is 8.85. The fourth-order valence-corrected chi connectivity index (χ4v) is 7.10. The number of hydrogen-bond acceptors (Lipinski definition) is 5. The van der Waals surface area contributed by atoms with Crippen LogP contribution in [0.3, 0.4) is 0 Å². The van der Waals surface area contributed by atoms with Gasteiger partial charge in [-0.25, -0.2) is 0 Å². The molecule has 5 aromatic rings. The van der Waals surface area contributed by atoms with Crippen molar-refractivity contribution in [2.75, 3.05) is 0 Å². The first-order chi connectivity index (χ1) is 21.9. The number of benzene rings is 4. The number of allylic oxidation sites excluding steroid dienone is 1. The van der Waals surface area contributed by atoms with Crippen molar-refractivity contribution >= 4 is 46.7 Å². The van der Waals surface area contributed by atoms with E-state index >= 15 is 0 Å². The number of hydrogen-bond donors (Lipinski definition) is 2. The number of nitrogens with zero attached hydrogens (tertiary/aromatic N) is 2. The number of fused-ring (bicyclic) bond motifs is 1. The highest BCUT2D eigenvalue weighted by Crippen LogP contribution is 2.63. The average molecular weight is 609 g/mol. The Bertz CT molecular complexity index is 1970. The zero-order valence-corrected chi connectivity index (χ0v) is 25.1. The van der Waals surface area contributed by atoms with Gasteiger partial charge in [0.15, 0.2) is 10.5 Å². The highest BCUT2D eigenvalue weighted by atomic mass is 32.1. The van der Waals surface area contributed by atoms with Crippen molar-refractivity contribution in [1.82, 2.24) is 20.4 Å². The van der Waals surface area contributed by atoms with Crippen molar-refractivity contribution in [1.29, 1.82) is 0 Å². The third-order valence-electron chi connectivity index (χ3n) is 8.64. The molecule has 0 radical (unpaired) electrons. The van der Waals surface area contributed by atoms with Crippen LogP contribution in [0.1, 0.15) is 51.5 Å². The molecular weight excluding hydrogens is 580 g/mol. The van der Waals surface area contributed by atoms with Crippen LogP contribution < -0.4 is 10.6 Å². The zero-order chi connectivity index (χ0) is 31.1. The molecular formula is C37H28N4O3S. The first-order valence-electron chi connectivity index (χ1n) is 14.6. The fraction of sp³-hybridized carbons (Fsp3) is 0.108. The molecule has 1 spiro atoms. The number of carbonyl (C=O) groups is 3. The lowest BCUT2D eigenvalue weighted by Crippen LogP contribution is -2.67. The van der Waals surface area contributed by atoms with Gasteiger partial charge in [0.1, 0.15) is 0 Å². The summed E-state index contributed by atoms with van der Waals surface area (Å²) in [5.41, 5.74) is 3.67. The maximum atomic E-state index is 14.8. The van der Waals surface area contributed by atoms with Gasteiger partial charge in [-0.2, -0.15) is 9.78 Å². The highest BCUT2D eigenvalue weighted by Gasteiger charge is 2.65. The molecule has 2 N–H and O–H groups in total. The van der Waals surface area contributed by atoms with E-state index in [1.165, 1.54) is 11.6 Å². The molecule has 0 saturated carbocycles. The van der Waals surface area contributed by atoms with Gasteiger partial charge in [-0.15, -0.1) is 0 Å². The predicted octanol–water partition coefficient (Wildman–Crippen LogP) is 6.20. The van der Waals surface area contributed by atoms with Gasteiger partial charge < -0.3 is 10.6 Å². The second-order valence-electron chi connectivity index (χ2n) is 11.2. The molecule has 1 saturated heterocycles. The summed E-state index contributed by atoms with van der Waals surface area (Å²) in [4.78, 5) is 42.9. The van der Waals surface area contributed by atoms with E-state index < -0.39 is 29.1 Å². The second kappa shape index (κ2) is 11.2. The summed E-state index contributed by atoms with van der Waals surface area (Å²) in [6, 6.07) is 38.2. The van der Waals surface area contributed by atoms with Crippen LogP contribution in [0.4, 0.5) is 0 Å². The van der Waals surface area contributed by atoms with Crippen LogP contribution in [-0.2, 0) is 9.59 Å². The topological polar surface area (TPSA) is 93.1 Å². The molecule has 1 aromatic heterocycles. The Kier molecular flexibility index (Phi) is 7.06. The number of amides is 2. The Hall–Kier alpha value is -5.47. The zero-order valence-electron chi connectivity index (χ0n) is 24.3. The largest absolute Gasteiger partial charge is 0.302 e. The minimum atomic E-state index is -1.76. The van der Waals surface area contributed by atoms with Crippen LogP contribution in [0.25, 0.3) is 22.9 Å². The first kappa shape index (κ1) is 28.3. The molecule has 2 atom stereocenters. The van der Waals surface area contributed by atoms with Crippen molar-refractivity contribution in [2.45, 2.75) is 18.8 Å². The van der Waals surface area contributed by atoms with E-state index in [0.29, 0.717) is 22.5 Å². The van der Waals surface area contributed by atoms with Crippen molar-refractivity contribution in [3.05, 3.63) is 149 Å². The van der Waals surface area contributed by atoms with Gasteiger partial charge in [-0.05, 0) is 40.6 Å². The number of nitrogens with one attached hydrogen (secondary N) is 2. The highest BCUT2D eigenvalue weighted by molar-refractivity contribution is 7.80. The lowest BCUT2D eigenvalue weighted by molar-refractivity contribution is -0.145. The monoisotopic (exact) mass is 608 g/mol. The van der Waals surface area contributed by atoms with E-state index in [2.05, 4.69) is 10.6 Å². The molecule has 7 rings (SSSR count). The van der Waals surface area contributed by atoms with Crippen molar-refractivity contribution < 1.29 is 14.4 Å². The van der Waals surface area contributed by atoms with Crippen LogP contribution in [0.15, 0.2) is 121 Å². The molecule has 220 valence electrons. The van der Waals surface area contributed by atoms with Crippen molar-refractivity contribution in [2.24, 2.45) is 5.41 Å². The van der Waals surface area contributed by atoms with E-state index in [-0.39, 0.29) is 11.0 Å². The van der Waals surface area contributed by atoms with Crippen molar-refractivity contribution in [3.63, 3.8) is 0 Å². The van der Waals surface area contributed by atoms with Crippen LogP contribution in [0, 0.1) is 5.41 Å². The molecule has 0 bridgehead atoms. The minimum absolute atomic E-state index is 0.0450. The van der Waals surface area contributed by atoms with Crippen LogP contribution in [0.5, 0.6) is 0 Å². The van der Waals surface area contributed by atoms with Gasteiger partial charge in [-0.3, -0.25) is 14.4 Å². The summed E-state index contributed by atoms with van der Waals surface area (Å²) in [7, 11) is 0. The van der Waals surface area contributed by atoms with E-state index in [4.69, 9.17) is 17.3 Å². The molecule has 7 nitrogen and oxygen atoms in total. The molecule has 1 aliphatic heterocycles. The molecule has 1 aliphatic carbocycles. The molecule has 2 aliphatic rings. The number of carbonyl (C=O) groups excluding carboxylic acids is 3. The fourth-order valence-electron chi connectivity index (χ4n) is 6.91. The summed E-state index contributed by atoms with van der Waals surface area (Å²) >= 11 is 5.34. The standard InChI is InChI=1S/C37H28N4O3S/c1-23(42)41-33(27-20-12-5-13-21-27)29-31(26-18-10-4-11-19-26)37(34(43)38-36(45)39-35(37)44)30(25-16-8-3-9-17-25)28(32(29)40-41)22-24-14-6-2-7-15-24/h2-22,30-31H,1H3,(H2,38,39,43,44,45)/b28-22-. The Morgan fingerprint density at radius 3 is 1.78 bits per heavy atom. The van der Waals surface area contributed by atoms with Crippen LogP contribution in [0.2, 0.25) is 0 Å². The van der Waals surface area contributed by atoms with E-state index in [1.807, 2.05) is 127 Å². The number of aromatic nitrogens is 2. The predicted molar refractivity (Wildman–Crippen MR) is 177 cm³/mol. The molecule has 8 heteroatoms. The maximum absolute atomic E-state index is 14.8. The average Bonchev–Trinajstić information content (AvgIpc) is 3.46. The summed E-state index contributed by atoms with van der Waals surface area (Å²) in [6.45, 7) is 1.46.